The van der Waals surface area contributed by atoms with Crippen molar-refractivity contribution >= 4 is 95.3 Å². The van der Waals surface area contributed by atoms with Gasteiger partial charge >= 0.3 is 0 Å². The van der Waals surface area contributed by atoms with Crippen LogP contribution in [0, 0.1) is 0 Å². The molecule has 3 aromatic carbocycles. The van der Waals surface area contributed by atoms with Gasteiger partial charge < -0.3 is 50.3 Å². The molecule has 2 aliphatic heterocycles. The van der Waals surface area contributed by atoms with Gasteiger partial charge in [0.15, 0.2) is 0 Å². The number of hydrogen-bond acceptors (Lipinski definition) is 22. The minimum atomic E-state index is -4.93. The Bertz CT molecular complexity index is 2900. The molecule has 2 saturated heterocycles. The molecule has 0 spiro atoms. The van der Waals surface area contributed by atoms with Crippen molar-refractivity contribution in [2.24, 2.45) is 0 Å². The summed E-state index contributed by atoms with van der Waals surface area (Å²) >= 11 is 0. The number of nitrogens with one attached hydrogen (secondary N) is 3. The predicted molar refractivity (Wildman–Crippen MR) is 240 cm³/mol. The first-order chi connectivity index (χ1) is 31.5. The van der Waals surface area contributed by atoms with Crippen LogP contribution in [0.15, 0.2) is 75.4 Å². The lowest BCUT2D eigenvalue weighted by molar-refractivity contribution is 0.122. The number of aliphatic hydroxyl groups is 2. The molecule has 2 aromatic heterocycles. The Morgan fingerprint density at radius 2 is 0.955 bits per heavy atom. The predicted octanol–water partition coefficient (Wildman–Crippen LogP) is 1.66. The second-order valence-electron chi connectivity index (χ2n) is 14.3. The first-order valence-electron chi connectivity index (χ1n) is 19.9. The van der Waals surface area contributed by atoms with Crippen LogP contribution in [0.3, 0.4) is 0 Å². The molecule has 5 aromatic rings. The highest BCUT2D eigenvalue weighted by atomic mass is 32.2. The van der Waals surface area contributed by atoms with Crippen molar-refractivity contribution < 1.29 is 58.6 Å². The largest absolute Gasteiger partial charge is 0.395 e. The standard InChI is InChI=1S/C38H44N12O13S3/c51-17-11-48(12-18-52)37-45-35(46-38(47-37)50-15-21-63-22-16-50)41-29-6-4-26(32(24-29)66(59,60)61)2-1-25-3-5-28(23-31(25)65(56,57)58)40-34-42-33(43-36(44-34)49-13-19-62-20-14-49)39-27-7-9-30(10-8-27)64(53,54)55/h1-10,23-24,51-52H,11-22H2,(H,53,54,55)(H,56,57,58)(H,59,60,61)(H,41,45,46,47)(H2,39,40,42,43,44). The fourth-order valence-corrected chi connectivity index (χ4v) is 8.51. The Kier molecular flexibility index (Phi) is 14.9. The average molecular weight is 973 g/mol. The lowest BCUT2D eigenvalue weighted by atomic mass is 10.1. The van der Waals surface area contributed by atoms with Crippen molar-refractivity contribution in [1.82, 2.24) is 29.9 Å². The third kappa shape index (κ3) is 12.4. The Hall–Kier alpha value is -6.21. The number of aliphatic hydroxyl groups excluding tert-OH is 2. The molecule has 8 N–H and O–H groups in total. The molecule has 4 heterocycles. The van der Waals surface area contributed by atoms with Crippen LogP contribution in [0.2, 0.25) is 0 Å². The number of morpholine rings is 2. The molecule has 0 atom stereocenters. The number of nitrogens with zero attached hydrogens (tertiary/aromatic N) is 9. The maximum absolute atomic E-state index is 12.8. The van der Waals surface area contributed by atoms with Gasteiger partial charge in [0.05, 0.1) is 44.5 Å². The summed E-state index contributed by atoms with van der Waals surface area (Å²) in [5.41, 5.74) is 0.443. The van der Waals surface area contributed by atoms with Crippen molar-refractivity contribution in [3.8, 4) is 0 Å². The van der Waals surface area contributed by atoms with E-state index in [1.807, 2.05) is 9.80 Å². The smallest absolute Gasteiger partial charge is 0.295 e. The maximum atomic E-state index is 12.8. The zero-order valence-corrected chi connectivity index (χ0v) is 37.1. The molecule has 2 fully saturated rings. The number of anilines is 9. The Balaban J connectivity index is 1.17. The minimum absolute atomic E-state index is 0.0116. The Morgan fingerprint density at radius 1 is 0.545 bits per heavy atom. The third-order valence-corrected chi connectivity index (χ3v) is 12.5. The van der Waals surface area contributed by atoms with Crippen molar-refractivity contribution in [2.45, 2.75) is 14.7 Å². The summed E-state index contributed by atoms with van der Waals surface area (Å²) in [6.45, 7) is 3.08. The van der Waals surface area contributed by atoms with Gasteiger partial charge in [0.2, 0.25) is 35.7 Å². The van der Waals surface area contributed by atoms with E-state index >= 15 is 0 Å². The van der Waals surface area contributed by atoms with Gasteiger partial charge in [0, 0.05) is 56.3 Å². The van der Waals surface area contributed by atoms with Crippen molar-refractivity contribution in [1.29, 1.82) is 0 Å². The summed E-state index contributed by atoms with van der Waals surface area (Å²) in [7, 11) is -14.3. The molecule has 2 aliphatic rings. The van der Waals surface area contributed by atoms with E-state index in [9.17, 15) is 49.1 Å². The molecule has 0 bridgehead atoms. The fourth-order valence-electron chi connectivity index (χ4n) is 6.61. The number of hydrogen-bond donors (Lipinski definition) is 8. The third-order valence-electron chi connectivity index (χ3n) is 9.79. The van der Waals surface area contributed by atoms with E-state index in [2.05, 4.69) is 45.9 Å². The van der Waals surface area contributed by atoms with E-state index in [1.165, 1.54) is 60.7 Å². The van der Waals surface area contributed by atoms with Gasteiger partial charge in [-0.15, -0.1) is 0 Å². The topological polar surface area (TPSA) is 345 Å². The van der Waals surface area contributed by atoms with E-state index in [0.717, 1.165) is 12.1 Å². The Labute approximate surface area is 378 Å². The van der Waals surface area contributed by atoms with Gasteiger partial charge in [-0.05, 0) is 59.7 Å². The molecule has 0 amide bonds. The van der Waals surface area contributed by atoms with Crippen LogP contribution in [0.4, 0.5) is 52.8 Å². The number of benzene rings is 3. The quantitative estimate of drug-likeness (QED) is 0.0457. The van der Waals surface area contributed by atoms with Gasteiger partial charge in [0.1, 0.15) is 9.79 Å². The number of rotatable bonds is 18. The van der Waals surface area contributed by atoms with Crippen LogP contribution in [0.1, 0.15) is 11.1 Å². The van der Waals surface area contributed by atoms with Crippen molar-refractivity contribution in [2.75, 3.05) is 110 Å². The molecule has 25 nitrogen and oxygen atoms in total. The molecule has 28 heteroatoms. The molecular formula is C38H44N12O13S3. The summed E-state index contributed by atoms with van der Waals surface area (Å²) in [6.07, 6.45) is 2.45. The molecule has 352 valence electrons. The molecule has 0 saturated carbocycles. The van der Waals surface area contributed by atoms with Crippen molar-refractivity contribution in [3.63, 3.8) is 0 Å². The normalized spacial score (nSPS) is 14.9. The molecule has 0 unspecified atom stereocenters. The molecular weight excluding hydrogens is 929 g/mol. The lowest BCUT2D eigenvalue weighted by Crippen LogP contribution is -2.38. The Morgan fingerprint density at radius 3 is 1.38 bits per heavy atom. The second kappa shape index (κ2) is 20.5. The van der Waals surface area contributed by atoms with E-state index in [1.54, 1.807) is 4.90 Å². The minimum Gasteiger partial charge on any atom is -0.395 e. The highest BCUT2D eigenvalue weighted by Gasteiger charge is 2.23. The van der Waals surface area contributed by atoms with Crippen LogP contribution in [0.25, 0.3) is 12.2 Å². The monoisotopic (exact) mass is 972 g/mol. The zero-order chi connectivity index (χ0) is 47.1. The lowest BCUT2D eigenvalue weighted by Gasteiger charge is -2.28. The van der Waals surface area contributed by atoms with Crippen LogP contribution in [-0.2, 0) is 39.8 Å². The van der Waals surface area contributed by atoms with Gasteiger partial charge in [-0.3, -0.25) is 13.7 Å². The highest BCUT2D eigenvalue weighted by molar-refractivity contribution is 7.86. The summed E-state index contributed by atoms with van der Waals surface area (Å²) in [4.78, 5) is 30.5. The van der Waals surface area contributed by atoms with E-state index in [0.29, 0.717) is 58.3 Å². The van der Waals surface area contributed by atoms with Crippen LogP contribution >= 0.6 is 0 Å². The van der Waals surface area contributed by atoms with E-state index in [-0.39, 0.29) is 89.4 Å². The van der Waals surface area contributed by atoms with Crippen LogP contribution in [0.5, 0.6) is 0 Å². The highest BCUT2D eigenvalue weighted by Crippen LogP contribution is 2.30. The summed E-state index contributed by atoms with van der Waals surface area (Å²) < 4.78 is 115. The zero-order valence-electron chi connectivity index (χ0n) is 34.7. The first kappa shape index (κ1) is 47.7. The van der Waals surface area contributed by atoms with Gasteiger partial charge in [-0.25, -0.2) is 0 Å². The number of ether oxygens (including phenoxy) is 2. The van der Waals surface area contributed by atoms with Gasteiger partial charge in [-0.2, -0.15) is 55.2 Å². The summed E-state index contributed by atoms with van der Waals surface area (Å²) in [6, 6.07) is 12.9. The maximum Gasteiger partial charge on any atom is 0.295 e. The first-order valence-corrected chi connectivity index (χ1v) is 24.2. The molecule has 66 heavy (non-hydrogen) atoms. The molecule has 7 rings (SSSR count). The van der Waals surface area contributed by atoms with Gasteiger partial charge in [-0.1, -0.05) is 24.3 Å². The van der Waals surface area contributed by atoms with Crippen molar-refractivity contribution in [3.05, 3.63) is 71.8 Å². The summed E-state index contributed by atoms with van der Waals surface area (Å²) in [5.74, 6) is 0.537. The second-order valence-corrected chi connectivity index (χ2v) is 18.5. The van der Waals surface area contributed by atoms with Crippen LogP contribution < -0.4 is 30.7 Å². The van der Waals surface area contributed by atoms with E-state index < -0.39 is 40.1 Å². The van der Waals surface area contributed by atoms with E-state index in [4.69, 9.17) is 9.47 Å². The molecule has 0 aliphatic carbocycles. The van der Waals surface area contributed by atoms with Crippen LogP contribution in [-0.4, -0.2) is 158 Å². The summed E-state index contributed by atoms with van der Waals surface area (Å²) in [5, 5.41) is 28.1. The molecule has 0 radical (unpaired) electrons. The van der Waals surface area contributed by atoms with Gasteiger partial charge in [0.25, 0.3) is 30.4 Å². The number of aromatic nitrogens is 6. The average Bonchev–Trinajstić information content (AvgIpc) is 3.28. The fraction of sp³-hybridized carbons (Fsp3) is 0.316. The SMILES string of the molecule is O=S(=O)(O)c1ccc(Nc2nc(Nc3ccc(C=Cc4ccc(Nc5nc(N(CCO)CCO)nc(N6CCOCC6)n5)cc4S(=O)(=O)O)c(S(=O)(=O)O)c3)nc(N3CCOCC3)n2)cc1.